The van der Waals surface area contributed by atoms with Gasteiger partial charge in [-0.3, -0.25) is 9.59 Å². The van der Waals surface area contributed by atoms with Gasteiger partial charge in [0.25, 0.3) is 0 Å². The number of anilines is 1. The second-order valence-corrected chi connectivity index (χ2v) is 8.17. The molecule has 3 aromatic carbocycles. The highest BCUT2D eigenvalue weighted by Crippen LogP contribution is 2.34. The summed E-state index contributed by atoms with van der Waals surface area (Å²) in [4.78, 5) is 27.9. The Morgan fingerprint density at radius 3 is 2.25 bits per heavy atom. The van der Waals surface area contributed by atoms with Gasteiger partial charge in [0.15, 0.2) is 0 Å². The third-order valence-corrected chi connectivity index (χ3v) is 6.03. The minimum Gasteiger partial charge on any atom is -0.497 e. The lowest BCUT2D eigenvalue weighted by Gasteiger charge is -2.16. The predicted octanol–water partition coefficient (Wildman–Crippen LogP) is 4.22. The number of ether oxygens (including phenoxy) is 1. The van der Waals surface area contributed by atoms with Crippen LogP contribution in [0.2, 0.25) is 0 Å². The van der Waals surface area contributed by atoms with Crippen molar-refractivity contribution in [2.75, 3.05) is 18.6 Å². The molecule has 0 bridgehead atoms. The topological polar surface area (TPSA) is 58.6 Å². The molecule has 0 aliphatic carbocycles. The Hall–Kier alpha value is -3.60. The quantitative estimate of drug-likeness (QED) is 0.584. The van der Waals surface area contributed by atoms with Crippen LogP contribution in [0, 0.1) is 11.8 Å². The van der Waals surface area contributed by atoms with Crippen LogP contribution >= 0.6 is 0 Å². The summed E-state index contributed by atoms with van der Waals surface area (Å²) in [7, 11) is 1.62. The minimum atomic E-state index is -0.341. The molecular formula is C27H28N2O3. The van der Waals surface area contributed by atoms with Crippen molar-refractivity contribution in [3.05, 3.63) is 96.1 Å². The summed E-state index contributed by atoms with van der Waals surface area (Å²) in [5.41, 5.74) is 3.06. The highest BCUT2D eigenvalue weighted by molar-refractivity contribution is 5.99. The zero-order valence-electron chi connectivity index (χ0n) is 18.2. The van der Waals surface area contributed by atoms with E-state index in [1.165, 1.54) is 5.56 Å². The van der Waals surface area contributed by atoms with Crippen molar-refractivity contribution in [1.82, 2.24) is 5.32 Å². The van der Waals surface area contributed by atoms with Gasteiger partial charge in [-0.15, -0.1) is 0 Å². The number of rotatable bonds is 8. The molecule has 1 aliphatic heterocycles. The summed E-state index contributed by atoms with van der Waals surface area (Å²) in [5, 5.41) is 2.97. The number of nitrogens with zero attached hydrogens (tertiary/aromatic N) is 1. The average molecular weight is 429 g/mol. The first-order chi connectivity index (χ1) is 15.6. The number of para-hydroxylation sites is 1. The molecule has 0 spiro atoms. The third-order valence-electron chi connectivity index (χ3n) is 6.03. The second-order valence-electron chi connectivity index (χ2n) is 8.17. The van der Waals surface area contributed by atoms with Crippen LogP contribution in [-0.4, -0.2) is 25.5 Å². The minimum absolute atomic E-state index is 0.0247. The maximum atomic E-state index is 13.3. The molecule has 1 fully saturated rings. The van der Waals surface area contributed by atoms with Gasteiger partial charge >= 0.3 is 0 Å². The van der Waals surface area contributed by atoms with Crippen LogP contribution < -0.4 is 15.0 Å². The fourth-order valence-corrected chi connectivity index (χ4v) is 4.29. The molecule has 0 aromatic heterocycles. The molecule has 1 aliphatic rings. The largest absolute Gasteiger partial charge is 0.497 e. The second kappa shape index (κ2) is 10.1. The summed E-state index contributed by atoms with van der Waals surface area (Å²) < 4.78 is 5.17. The Labute approximate surface area is 189 Å². The first-order valence-electron chi connectivity index (χ1n) is 10.9. The molecule has 5 heteroatoms. The van der Waals surface area contributed by atoms with Gasteiger partial charge < -0.3 is 15.0 Å². The van der Waals surface area contributed by atoms with E-state index in [1.807, 2.05) is 77.7 Å². The van der Waals surface area contributed by atoms with Gasteiger partial charge in [0.1, 0.15) is 5.75 Å². The summed E-state index contributed by atoms with van der Waals surface area (Å²) in [5.74, 6) is 0.438. The van der Waals surface area contributed by atoms with Gasteiger partial charge in [0, 0.05) is 25.2 Å². The highest BCUT2D eigenvalue weighted by Gasteiger charge is 2.41. The van der Waals surface area contributed by atoms with Crippen LogP contribution in [0.15, 0.2) is 84.9 Å². The van der Waals surface area contributed by atoms with Crippen molar-refractivity contribution in [2.45, 2.75) is 19.4 Å². The van der Waals surface area contributed by atoms with E-state index in [9.17, 15) is 9.59 Å². The molecule has 1 heterocycles. The van der Waals surface area contributed by atoms with Crippen molar-refractivity contribution in [2.24, 2.45) is 11.8 Å². The van der Waals surface area contributed by atoms with Crippen molar-refractivity contribution in [3.63, 3.8) is 0 Å². The number of nitrogens with one attached hydrogen (secondary N) is 1. The van der Waals surface area contributed by atoms with Crippen LogP contribution in [0.4, 0.5) is 5.69 Å². The molecule has 3 aromatic rings. The van der Waals surface area contributed by atoms with E-state index in [-0.39, 0.29) is 30.1 Å². The lowest BCUT2D eigenvalue weighted by molar-refractivity contribution is -0.128. The molecule has 164 valence electrons. The fraction of sp³-hybridized carbons (Fsp3) is 0.259. The molecular weight excluding hydrogens is 400 g/mol. The summed E-state index contributed by atoms with van der Waals surface area (Å²) >= 11 is 0. The van der Waals surface area contributed by atoms with E-state index in [0.717, 1.165) is 23.4 Å². The molecule has 0 unspecified atom stereocenters. The van der Waals surface area contributed by atoms with Crippen molar-refractivity contribution < 1.29 is 14.3 Å². The normalized spacial score (nSPS) is 17.9. The zero-order valence-corrected chi connectivity index (χ0v) is 18.2. The van der Waals surface area contributed by atoms with E-state index in [0.29, 0.717) is 13.1 Å². The van der Waals surface area contributed by atoms with Crippen LogP contribution in [0.25, 0.3) is 0 Å². The van der Waals surface area contributed by atoms with Gasteiger partial charge in [-0.05, 0) is 47.7 Å². The molecule has 0 radical (unpaired) electrons. The van der Waals surface area contributed by atoms with Crippen LogP contribution in [-0.2, 0) is 22.6 Å². The maximum Gasteiger partial charge on any atom is 0.230 e. The summed E-state index contributed by atoms with van der Waals surface area (Å²) in [6.45, 7) is 1.05. The molecule has 1 saturated heterocycles. The number of hydrogen-bond acceptors (Lipinski definition) is 3. The van der Waals surface area contributed by atoms with E-state index >= 15 is 0 Å². The smallest absolute Gasteiger partial charge is 0.230 e. The molecule has 32 heavy (non-hydrogen) atoms. The number of amides is 2. The van der Waals surface area contributed by atoms with Gasteiger partial charge in [0.05, 0.1) is 13.0 Å². The average Bonchev–Trinajstić information content (AvgIpc) is 3.14. The molecule has 2 amide bonds. The zero-order chi connectivity index (χ0) is 22.3. The van der Waals surface area contributed by atoms with Crippen molar-refractivity contribution in [1.29, 1.82) is 0 Å². The maximum absolute atomic E-state index is 13.3. The van der Waals surface area contributed by atoms with Crippen LogP contribution in [0.5, 0.6) is 5.75 Å². The van der Waals surface area contributed by atoms with Crippen molar-refractivity contribution in [3.8, 4) is 5.75 Å². The Kier molecular flexibility index (Phi) is 6.85. The molecule has 5 nitrogen and oxygen atoms in total. The van der Waals surface area contributed by atoms with Gasteiger partial charge in [0.2, 0.25) is 11.8 Å². The first-order valence-corrected chi connectivity index (χ1v) is 10.9. The Morgan fingerprint density at radius 1 is 0.938 bits per heavy atom. The Balaban J connectivity index is 1.45. The Bertz CT molecular complexity index is 1040. The van der Waals surface area contributed by atoms with Gasteiger partial charge in [-0.2, -0.15) is 0 Å². The number of benzene rings is 3. The predicted molar refractivity (Wildman–Crippen MR) is 125 cm³/mol. The van der Waals surface area contributed by atoms with E-state index in [4.69, 9.17) is 4.74 Å². The SMILES string of the molecule is COc1ccc(CNC(=O)C[C@@H]2C(=O)N(c3ccccc3)C[C@H]2Cc2ccccc2)cc1. The lowest BCUT2D eigenvalue weighted by Crippen LogP contribution is -2.31. The van der Waals surface area contributed by atoms with Gasteiger partial charge in [-0.25, -0.2) is 0 Å². The molecule has 4 rings (SSSR count). The third kappa shape index (κ3) is 5.17. The number of methoxy groups -OCH3 is 1. The monoisotopic (exact) mass is 428 g/mol. The van der Waals surface area contributed by atoms with Crippen LogP contribution in [0.3, 0.4) is 0 Å². The van der Waals surface area contributed by atoms with Crippen LogP contribution in [0.1, 0.15) is 17.5 Å². The molecule has 0 saturated carbocycles. The first kappa shape index (κ1) is 21.6. The molecule has 2 atom stereocenters. The molecule has 1 N–H and O–H groups in total. The van der Waals surface area contributed by atoms with E-state index in [2.05, 4.69) is 17.4 Å². The standard InChI is InChI=1S/C27H28N2O3/c1-32-24-14-12-21(13-15-24)18-28-26(30)17-25-22(16-20-8-4-2-5-9-20)19-29(27(25)31)23-10-6-3-7-11-23/h2-15,22,25H,16-19H2,1H3,(H,28,30)/t22-,25+/m1/s1. The number of carbonyl (C=O) groups is 2. The van der Waals surface area contributed by atoms with Crippen molar-refractivity contribution >= 4 is 17.5 Å². The number of carbonyl (C=O) groups excluding carboxylic acids is 2. The van der Waals surface area contributed by atoms with E-state index < -0.39 is 0 Å². The fourth-order valence-electron chi connectivity index (χ4n) is 4.29. The Morgan fingerprint density at radius 2 is 1.59 bits per heavy atom. The van der Waals surface area contributed by atoms with E-state index in [1.54, 1.807) is 7.11 Å². The van der Waals surface area contributed by atoms with Gasteiger partial charge in [-0.1, -0.05) is 60.7 Å². The lowest BCUT2D eigenvalue weighted by atomic mass is 9.87. The summed E-state index contributed by atoms with van der Waals surface area (Å²) in [6.07, 6.45) is 0.960. The highest BCUT2D eigenvalue weighted by atomic mass is 16.5. The number of hydrogen-bond donors (Lipinski definition) is 1. The summed E-state index contributed by atoms with van der Waals surface area (Å²) in [6, 6.07) is 27.5.